The Morgan fingerprint density at radius 3 is 2.39 bits per heavy atom. The van der Waals surface area contributed by atoms with Crippen molar-refractivity contribution in [3.8, 4) is 0 Å². The molecule has 0 saturated heterocycles. The molecule has 4 nitrogen and oxygen atoms in total. The van der Waals surface area contributed by atoms with Gasteiger partial charge < -0.3 is 9.63 Å². The van der Waals surface area contributed by atoms with Gasteiger partial charge in [-0.1, -0.05) is 35.5 Å². The third-order valence-electron chi connectivity index (χ3n) is 2.18. The summed E-state index contributed by atoms with van der Waals surface area (Å²) in [5, 5.41) is 11.6. The van der Waals surface area contributed by atoms with E-state index < -0.39 is 23.3 Å². The van der Waals surface area contributed by atoms with Crippen LogP contribution in [0.3, 0.4) is 0 Å². The van der Waals surface area contributed by atoms with E-state index in [4.69, 9.17) is 5.11 Å². The highest BCUT2D eigenvalue weighted by Gasteiger charge is 2.39. The van der Waals surface area contributed by atoms with Gasteiger partial charge in [0.1, 0.15) is 0 Å². The highest BCUT2D eigenvalue weighted by Crippen LogP contribution is 2.35. The number of aromatic carboxylic acids is 1. The number of aromatic nitrogens is 1. The molecule has 96 valence electrons. The molecule has 0 fully saturated rings. The number of alkyl halides is 2. The van der Waals surface area contributed by atoms with E-state index in [-0.39, 0.29) is 18.0 Å². The smallest absolute Gasteiger partial charge is 0.358 e. The number of carbonyl (C=O) groups is 1. The van der Waals surface area contributed by atoms with Gasteiger partial charge >= 0.3 is 11.9 Å². The van der Waals surface area contributed by atoms with Crippen molar-refractivity contribution < 1.29 is 23.2 Å². The Morgan fingerprint density at radius 1 is 1.28 bits per heavy atom. The van der Waals surface area contributed by atoms with Crippen LogP contribution in [0.5, 0.6) is 0 Å². The van der Waals surface area contributed by atoms with Crippen LogP contribution in [0.2, 0.25) is 0 Å². The van der Waals surface area contributed by atoms with E-state index in [1.807, 2.05) is 0 Å². The van der Waals surface area contributed by atoms with Crippen LogP contribution in [0, 0.1) is 0 Å². The topological polar surface area (TPSA) is 63.3 Å². The van der Waals surface area contributed by atoms with Gasteiger partial charge in [-0.05, 0) is 0 Å². The van der Waals surface area contributed by atoms with E-state index in [0.29, 0.717) is 0 Å². The minimum atomic E-state index is -3.40. The van der Waals surface area contributed by atoms with Gasteiger partial charge in [0.2, 0.25) is 5.76 Å². The molecule has 1 aromatic heterocycles. The molecule has 1 aromatic carbocycles. The van der Waals surface area contributed by atoms with Crippen molar-refractivity contribution in [2.45, 2.75) is 5.92 Å². The summed E-state index contributed by atoms with van der Waals surface area (Å²) in [6, 6.07) is 7.68. The highest BCUT2D eigenvalue weighted by atomic mass is 35.5. The van der Waals surface area contributed by atoms with E-state index in [9.17, 15) is 13.6 Å². The maximum Gasteiger partial charge on any atom is 0.358 e. The lowest BCUT2D eigenvalue weighted by atomic mass is 10.1. The van der Waals surface area contributed by atoms with Crippen LogP contribution in [0.15, 0.2) is 40.9 Å². The molecule has 0 radical (unpaired) electrons. The molecule has 18 heavy (non-hydrogen) atoms. The highest BCUT2D eigenvalue weighted by molar-refractivity contribution is 5.85. The largest absolute Gasteiger partial charge is 0.476 e. The number of carboxylic acids is 1. The number of carboxylic acid groups (broad SMARTS) is 1. The van der Waals surface area contributed by atoms with Crippen molar-refractivity contribution in [1.82, 2.24) is 5.16 Å². The second-order valence-electron chi connectivity index (χ2n) is 3.32. The molecule has 0 aliphatic rings. The van der Waals surface area contributed by atoms with Crippen LogP contribution in [-0.2, 0) is 5.92 Å². The Labute approximate surface area is 107 Å². The van der Waals surface area contributed by atoms with Crippen molar-refractivity contribution in [1.29, 1.82) is 0 Å². The number of rotatable bonds is 3. The lowest BCUT2D eigenvalue weighted by Gasteiger charge is -2.12. The van der Waals surface area contributed by atoms with Crippen molar-refractivity contribution in [3.05, 3.63) is 53.4 Å². The molecule has 0 bridgehead atoms. The molecule has 0 aliphatic carbocycles. The van der Waals surface area contributed by atoms with Crippen LogP contribution in [-0.4, -0.2) is 16.2 Å². The van der Waals surface area contributed by atoms with E-state index in [0.717, 1.165) is 6.07 Å². The van der Waals surface area contributed by atoms with E-state index >= 15 is 0 Å². The summed E-state index contributed by atoms with van der Waals surface area (Å²) in [4.78, 5) is 10.5. The molecule has 1 heterocycles. The molecular formula is C11H8ClF2NO3. The number of hydrogen-bond acceptors (Lipinski definition) is 3. The molecular weight excluding hydrogens is 268 g/mol. The van der Waals surface area contributed by atoms with Gasteiger partial charge in [0.15, 0.2) is 5.69 Å². The first-order chi connectivity index (χ1) is 8.01. The van der Waals surface area contributed by atoms with Gasteiger partial charge in [-0.3, -0.25) is 0 Å². The predicted molar refractivity (Wildman–Crippen MR) is 60.1 cm³/mol. The molecule has 2 rings (SSSR count). The van der Waals surface area contributed by atoms with Crippen molar-refractivity contribution in [2.75, 3.05) is 0 Å². The second-order valence-corrected chi connectivity index (χ2v) is 3.32. The van der Waals surface area contributed by atoms with Crippen molar-refractivity contribution >= 4 is 18.4 Å². The maximum absolute atomic E-state index is 13.8. The van der Waals surface area contributed by atoms with Crippen LogP contribution in [0.25, 0.3) is 0 Å². The molecule has 0 atom stereocenters. The summed E-state index contributed by atoms with van der Waals surface area (Å²) in [5.74, 6) is -5.60. The molecule has 1 N–H and O–H groups in total. The fraction of sp³-hybridized carbons (Fsp3) is 0.0909. The average molecular weight is 276 g/mol. The fourth-order valence-electron chi connectivity index (χ4n) is 1.31. The summed E-state index contributed by atoms with van der Waals surface area (Å²) < 4.78 is 32.0. The number of benzene rings is 1. The van der Waals surface area contributed by atoms with Crippen LogP contribution in [0.4, 0.5) is 8.78 Å². The first-order valence-electron chi connectivity index (χ1n) is 4.65. The normalized spacial score (nSPS) is 10.8. The minimum Gasteiger partial charge on any atom is -0.476 e. The van der Waals surface area contributed by atoms with Gasteiger partial charge in [-0.25, -0.2) is 4.79 Å². The van der Waals surface area contributed by atoms with Crippen LogP contribution in [0.1, 0.15) is 21.8 Å². The Bertz CT molecular complexity index is 542. The third-order valence-corrected chi connectivity index (χ3v) is 2.18. The molecule has 0 spiro atoms. The van der Waals surface area contributed by atoms with E-state index in [2.05, 4.69) is 9.68 Å². The van der Waals surface area contributed by atoms with Gasteiger partial charge in [0, 0.05) is 11.6 Å². The summed E-state index contributed by atoms with van der Waals surface area (Å²) in [6.45, 7) is 0. The van der Waals surface area contributed by atoms with Crippen molar-refractivity contribution in [3.63, 3.8) is 0 Å². The minimum absolute atomic E-state index is 0. The summed E-state index contributed by atoms with van der Waals surface area (Å²) in [7, 11) is 0. The number of nitrogens with zero attached hydrogens (tertiary/aromatic N) is 1. The molecule has 0 aliphatic heterocycles. The second kappa shape index (κ2) is 5.14. The Balaban J connectivity index is 0.00000162. The Hall–Kier alpha value is -1.95. The quantitative estimate of drug-likeness (QED) is 0.935. The zero-order chi connectivity index (χ0) is 12.5. The molecule has 0 amide bonds. The molecule has 2 aromatic rings. The van der Waals surface area contributed by atoms with Crippen molar-refractivity contribution in [2.24, 2.45) is 0 Å². The standard InChI is InChI=1S/C11H7F2NO3.ClH/c12-11(13,7-4-2-1-3-5-7)9-6-8(10(15)16)14-17-9;/h1-6H,(H,15,16);1H. The first-order valence-corrected chi connectivity index (χ1v) is 4.65. The number of halogens is 3. The third kappa shape index (κ3) is 2.48. The lowest BCUT2D eigenvalue weighted by Crippen LogP contribution is -2.14. The SMILES string of the molecule is Cl.O=C(O)c1cc(C(F)(F)c2ccccc2)on1. The van der Waals surface area contributed by atoms with E-state index in [1.54, 1.807) is 6.07 Å². The first kappa shape index (κ1) is 14.1. The monoisotopic (exact) mass is 275 g/mol. The summed E-state index contributed by atoms with van der Waals surface area (Å²) >= 11 is 0. The predicted octanol–water partition coefficient (Wildman–Crippen LogP) is 2.93. The maximum atomic E-state index is 13.8. The van der Waals surface area contributed by atoms with Gasteiger partial charge in [-0.15, -0.1) is 12.4 Å². The van der Waals surface area contributed by atoms with E-state index in [1.165, 1.54) is 24.3 Å². The van der Waals surface area contributed by atoms with Crippen LogP contribution < -0.4 is 0 Å². The lowest BCUT2D eigenvalue weighted by molar-refractivity contribution is 0.0130. The van der Waals surface area contributed by atoms with Crippen LogP contribution >= 0.6 is 12.4 Å². The fourth-order valence-corrected chi connectivity index (χ4v) is 1.31. The summed E-state index contributed by atoms with van der Waals surface area (Å²) in [6.07, 6.45) is 0. The molecule has 7 heteroatoms. The Morgan fingerprint density at radius 2 is 1.89 bits per heavy atom. The van der Waals surface area contributed by atoms with Gasteiger partial charge in [-0.2, -0.15) is 8.78 Å². The molecule has 0 saturated carbocycles. The average Bonchev–Trinajstić information content (AvgIpc) is 2.80. The molecule has 0 unspecified atom stereocenters. The van der Waals surface area contributed by atoms with Gasteiger partial charge in [0.25, 0.3) is 0 Å². The zero-order valence-electron chi connectivity index (χ0n) is 8.84. The zero-order valence-corrected chi connectivity index (χ0v) is 9.66. The van der Waals surface area contributed by atoms with Gasteiger partial charge in [0.05, 0.1) is 0 Å². The summed E-state index contributed by atoms with van der Waals surface area (Å²) in [5.41, 5.74) is -0.830. The number of hydrogen-bond donors (Lipinski definition) is 1. The Kier molecular flexibility index (Phi) is 4.03.